The molecule has 0 saturated carbocycles. The lowest BCUT2D eigenvalue weighted by molar-refractivity contribution is 0.269. The Kier molecular flexibility index (Phi) is 1.60. The van der Waals surface area contributed by atoms with E-state index in [4.69, 9.17) is 9.15 Å². The molecule has 1 aliphatic heterocycles. The summed E-state index contributed by atoms with van der Waals surface area (Å²) >= 11 is 0. The van der Waals surface area contributed by atoms with Crippen LogP contribution in [0.4, 0.5) is 0 Å². The van der Waals surface area contributed by atoms with E-state index in [2.05, 4.69) is 0 Å². The van der Waals surface area contributed by atoms with Crippen LogP contribution in [0.1, 0.15) is 25.2 Å². The summed E-state index contributed by atoms with van der Waals surface area (Å²) in [7, 11) is 0. The van der Waals surface area contributed by atoms with Crippen LogP contribution in [0.3, 0.4) is 0 Å². The summed E-state index contributed by atoms with van der Waals surface area (Å²) < 4.78 is 10.5. The minimum atomic E-state index is -0.382. The Morgan fingerprint density at radius 1 is 1.46 bits per heavy atom. The Balaban J connectivity index is 2.44. The zero-order valence-corrected chi connectivity index (χ0v) is 7.96. The molecule has 3 heteroatoms. The Hall–Kier alpha value is -1.09. The fraction of sp³-hybridized carbons (Fsp3) is 0.500. The van der Waals surface area contributed by atoms with Crippen molar-refractivity contribution in [2.45, 2.75) is 32.5 Å². The molecule has 1 aromatic heterocycles. The lowest BCUT2D eigenvalue weighted by Gasteiger charge is -2.03. The van der Waals surface area contributed by atoms with Crippen molar-refractivity contribution in [3.63, 3.8) is 0 Å². The maximum Gasteiger partial charge on any atom is 0.338 e. The van der Waals surface area contributed by atoms with Crippen LogP contribution in [0.5, 0.6) is 0 Å². The smallest absolute Gasteiger partial charge is 0.338 e. The highest BCUT2D eigenvalue weighted by Crippen LogP contribution is 2.44. The lowest BCUT2D eigenvalue weighted by Crippen LogP contribution is -2.11. The minimum Gasteiger partial charge on any atom is -0.424 e. The van der Waals surface area contributed by atoms with Crippen LogP contribution in [0.15, 0.2) is 21.3 Å². The molecule has 0 aliphatic carbocycles. The summed E-state index contributed by atoms with van der Waals surface area (Å²) in [6.07, 6.45) is 0.137. The molecule has 2 rings (SSSR count). The van der Waals surface area contributed by atoms with Gasteiger partial charge >= 0.3 is 5.63 Å². The van der Waals surface area contributed by atoms with Crippen molar-refractivity contribution in [3.05, 3.63) is 33.9 Å². The van der Waals surface area contributed by atoms with Gasteiger partial charge in [0, 0.05) is 5.56 Å². The molecule has 70 valence electrons. The molecule has 0 aromatic carbocycles. The monoisotopic (exact) mass is 180 g/mol. The summed E-state index contributed by atoms with van der Waals surface area (Å²) in [6.45, 7) is 5.61. The Labute approximate surface area is 76.3 Å². The molecule has 13 heavy (non-hydrogen) atoms. The van der Waals surface area contributed by atoms with Crippen molar-refractivity contribution in [1.82, 2.24) is 0 Å². The van der Waals surface area contributed by atoms with Crippen molar-refractivity contribution >= 4 is 0 Å². The highest BCUT2D eigenvalue weighted by atomic mass is 16.6. The van der Waals surface area contributed by atoms with Gasteiger partial charge in [-0.2, -0.15) is 0 Å². The van der Waals surface area contributed by atoms with E-state index < -0.39 is 0 Å². The summed E-state index contributed by atoms with van der Waals surface area (Å²) in [6, 6.07) is 3.57. The van der Waals surface area contributed by atoms with Crippen LogP contribution < -0.4 is 5.63 Å². The molecule has 2 heterocycles. The number of hydrogen-bond acceptors (Lipinski definition) is 3. The maximum absolute atomic E-state index is 11.2. The highest BCUT2D eigenvalue weighted by molar-refractivity contribution is 5.19. The summed E-state index contributed by atoms with van der Waals surface area (Å²) in [5.74, 6) is 0.621. The molecule has 1 fully saturated rings. The summed E-state index contributed by atoms with van der Waals surface area (Å²) in [4.78, 5) is 11.2. The zero-order chi connectivity index (χ0) is 9.64. The van der Waals surface area contributed by atoms with Crippen LogP contribution in [0, 0.1) is 6.92 Å². The largest absolute Gasteiger partial charge is 0.424 e. The molecule has 1 saturated heterocycles. The van der Waals surface area contributed by atoms with Crippen molar-refractivity contribution in [2.24, 2.45) is 0 Å². The molecule has 0 unspecified atom stereocenters. The van der Waals surface area contributed by atoms with E-state index in [0.29, 0.717) is 11.3 Å². The number of rotatable bonds is 1. The molecule has 0 N–H and O–H groups in total. The number of hydrogen-bond donors (Lipinski definition) is 0. The fourth-order valence-corrected chi connectivity index (χ4v) is 1.34. The summed E-state index contributed by atoms with van der Waals surface area (Å²) in [5, 5.41) is 0. The van der Waals surface area contributed by atoms with E-state index in [0.717, 1.165) is 0 Å². The third-order valence-corrected chi connectivity index (χ3v) is 2.64. The fourth-order valence-electron chi connectivity index (χ4n) is 1.34. The normalized spacial score (nSPS) is 31.8. The average molecular weight is 180 g/mol. The van der Waals surface area contributed by atoms with E-state index in [-0.39, 0.29) is 17.3 Å². The first-order valence-electron chi connectivity index (χ1n) is 4.33. The van der Waals surface area contributed by atoms with Crippen LogP contribution in [0.25, 0.3) is 0 Å². The van der Waals surface area contributed by atoms with Crippen molar-refractivity contribution in [3.8, 4) is 0 Å². The Morgan fingerprint density at radius 3 is 2.54 bits per heavy atom. The van der Waals surface area contributed by atoms with Gasteiger partial charge in [-0.3, -0.25) is 0 Å². The van der Waals surface area contributed by atoms with E-state index in [1.165, 1.54) is 0 Å². The van der Waals surface area contributed by atoms with E-state index >= 15 is 0 Å². The molecule has 0 bridgehead atoms. The molecule has 1 aromatic rings. The lowest BCUT2D eigenvalue weighted by atomic mass is 10.1. The van der Waals surface area contributed by atoms with Crippen molar-refractivity contribution in [1.29, 1.82) is 0 Å². The molecule has 0 amide bonds. The first-order valence-corrected chi connectivity index (χ1v) is 4.33. The maximum atomic E-state index is 11.2. The molecular weight excluding hydrogens is 168 g/mol. The number of epoxide rings is 1. The van der Waals surface area contributed by atoms with Gasteiger partial charge in [0.15, 0.2) is 0 Å². The van der Waals surface area contributed by atoms with Gasteiger partial charge in [-0.05, 0) is 32.9 Å². The number of ether oxygens (including phenoxy) is 1. The van der Waals surface area contributed by atoms with Gasteiger partial charge in [-0.15, -0.1) is 0 Å². The molecule has 0 radical (unpaired) electrons. The zero-order valence-electron chi connectivity index (χ0n) is 7.96. The van der Waals surface area contributed by atoms with Crippen LogP contribution >= 0.6 is 0 Å². The first-order chi connectivity index (χ1) is 6.04. The van der Waals surface area contributed by atoms with Crippen LogP contribution in [-0.2, 0) is 10.3 Å². The SMILES string of the molecule is Cc1ccc([C@]2(C)O[C@H]2C)oc1=O. The molecule has 0 spiro atoms. The van der Waals surface area contributed by atoms with Crippen molar-refractivity contribution in [2.75, 3.05) is 0 Å². The van der Waals surface area contributed by atoms with Gasteiger partial charge in [0.1, 0.15) is 11.4 Å². The first kappa shape index (κ1) is 8.51. The second-order valence-corrected chi connectivity index (χ2v) is 3.64. The van der Waals surface area contributed by atoms with E-state index in [9.17, 15) is 4.79 Å². The standard InChI is InChI=1S/C10H12O3/c1-6-4-5-8(12-9(6)11)10(3)7(2)13-10/h4-5,7H,1-3H3/t7-,10+/m0/s1. The quantitative estimate of drug-likeness (QED) is 0.616. The molecule has 3 nitrogen and oxygen atoms in total. The van der Waals surface area contributed by atoms with Gasteiger partial charge in [-0.25, -0.2) is 4.79 Å². The van der Waals surface area contributed by atoms with Gasteiger partial charge < -0.3 is 9.15 Å². The second-order valence-electron chi connectivity index (χ2n) is 3.64. The summed E-state index contributed by atoms with van der Waals surface area (Å²) in [5.41, 5.74) is -0.0329. The predicted molar refractivity (Wildman–Crippen MR) is 47.6 cm³/mol. The van der Waals surface area contributed by atoms with Gasteiger partial charge in [0.25, 0.3) is 0 Å². The molecular formula is C10H12O3. The third kappa shape index (κ3) is 1.20. The average Bonchev–Trinajstić information content (AvgIpc) is 2.67. The van der Waals surface area contributed by atoms with Crippen molar-refractivity contribution < 1.29 is 9.15 Å². The van der Waals surface area contributed by atoms with Gasteiger partial charge in [0.05, 0.1) is 6.10 Å². The predicted octanol–water partition coefficient (Wildman–Crippen LogP) is 1.58. The van der Waals surface area contributed by atoms with Crippen LogP contribution in [-0.4, -0.2) is 6.10 Å². The topological polar surface area (TPSA) is 42.7 Å². The second kappa shape index (κ2) is 2.45. The minimum absolute atomic E-state index is 0.137. The Bertz CT molecular complexity index is 393. The van der Waals surface area contributed by atoms with Gasteiger partial charge in [0.2, 0.25) is 0 Å². The Morgan fingerprint density at radius 2 is 2.08 bits per heavy atom. The third-order valence-electron chi connectivity index (χ3n) is 2.64. The van der Waals surface area contributed by atoms with E-state index in [1.54, 1.807) is 19.1 Å². The highest BCUT2D eigenvalue weighted by Gasteiger charge is 2.52. The van der Waals surface area contributed by atoms with Gasteiger partial charge in [-0.1, -0.05) is 0 Å². The van der Waals surface area contributed by atoms with E-state index in [1.807, 2.05) is 13.8 Å². The molecule has 2 atom stereocenters. The van der Waals surface area contributed by atoms with Crippen LogP contribution in [0.2, 0.25) is 0 Å². The molecule has 1 aliphatic rings. The number of aryl methyl sites for hydroxylation is 1.